The van der Waals surface area contributed by atoms with Crippen LogP contribution in [0.3, 0.4) is 0 Å². The lowest BCUT2D eigenvalue weighted by Crippen LogP contribution is -2.26. The fourth-order valence-electron chi connectivity index (χ4n) is 2.80. The van der Waals surface area contributed by atoms with Gasteiger partial charge >= 0.3 is 0 Å². The number of benzene rings is 2. The predicted octanol–water partition coefficient (Wildman–Crippen LogP) is 3.91. The van der Waals surface area contributed by atoms with E-state index in [2.05, 4.69) is 10.6 Å². The molecule has 0 spiro atoms. The summed E-state index contributed by atoms with van der Waals surface area (Å²) in [5.41, 5.74) is 0.530. The fourth-order valence-corrected chi connectivity index (χ4v) is 2.80. The van der Waals surface area contributed by atoms with Gasteiger partial charge < -0.3 is 15.4 Å². The number of amides is 1. The second-order valence-corrected chi connectivity index (χ2v) is 6.11. The van der Waals surface area contributed by atoms with Crippen molar-refractivity contribution in [1.82, 2.24) is 10.6 Å². The van der Waals surface area contributed by atoms with Crippen molar-refractivity contribution in [2.24, 2.45) is 5.92 Å². The molecule has 1 amide bonds. The summed E-state index contributed by atoms with van der Waals surface area (Å²) in [4.78, 5) is 12.1. The Hall–Kier alpha value is -2.18. The molecule has 1 saturated heterocycles. The first-order valence-electron chi connectivity index (χ1n) is 8.34. The second kappa shape index (κ2) is 9.50. The summed E-state index contributed by atoms with van der Waals surface area (Å²) in [5, 5.41) is 6.21. The van der Waals surface area contributed by atoms with E-state index < -0.39 is 11.6 Å². The summed E-state index contributed by atoms with van der Waals surface area (Å²) >= 11 is 0. The van der Waals surface area contributed by atoms with Crippen molar-refractivity contribution in [3.63, 3.8) is 0 Å². The topological polar surface area (TPSA) is 50.4 Å². The van der Waals surface area contributed by atoms with Crippen molar-refractivity contribution in [2.75, 3.05) is 19.6 Å². The van der Waals surface area contributed by atoms with Crippen LogP contribution in [-0.4, -0.2) is 25.5 Å². The van der Waals surface area contributed by atoms with Gasteiger partial charge in [0.25, 0.3) is 5.91 Å². The first-order chi connectivity index (χ1) is 12.1. The number of rotatable bonds is 6. The standard InChI is InChI=1S/C19H20F2N2O2.ClH/c20-17-6-5-16(11-18(17)21)25-15-3-1-14(2-4-15)19(24)23-10-8-13-7-9-22-12-13;/h1-6,11,13,22H,7-10,12H2,(H,23,24);1H. The van der Waals surface area contributed by atoms with Gasteiger partial charge in [0.2, 0.25) is 0 Å². The number of carbonyl (C=O) groups is 1. The zero-order valence-corrected chi connectivity index (χ0v) is 15.0. The Balaban J connectivity index is 0.00000243. The summed E-state index contributed by atoms with van der Waals surface area (Å²) in [5.74, 6) is -0.753. The van der Waals surface area contributed by atoms with Gasteiger partial charge in [-0.25, -0.2) is 8.78 Å². The molecule has 2 aromatic rings. The average molecular weight is 383 g/mol. The van der Waals surface area contributed by atoms with Gasteiger partial charge in [-0.3, -0.25) is 4.79 Å². The van der Waals surface area contributed by atoms with Crippen LogP contribution < -0.4 is 15.4 Å². The lowest BCUT2D eigenvalue weighted by Gasteiger charge is -2.10. The summed E-state index contributed by atoms with van der Waals surface area (Å²) in [7, 11) is 0. The third kappa shape index (κ3) is 5.41. The van der Waals surface area contributed by atoms with Gasteiger partial charge in [0.1, 0.15) is 11.5 Å². The van der Waals surface area contributed by atoms with Crippen LogP contribution in [0, 0.1) is 17.6 Å². The first kappa shape index (κ1) is 20.1. The van der Waals surface area contributed by atoms with Crippen molar-refractivity contribution in [1.29, 1.82) is 0 Å². The highest BCUT2D eigenvalue weighted by Gasteiger charge is 2.14. The highest BCUT2D eigenvalue weighted by molar-refractivity contribution is 5.94. The molecule has 1 unspecified atom stereocenters. The van der Waals surface area contributed by atoms with E-state index in [0.29, 0.717) is 23.8 Å². The van der Waals surface area contributed by atoms with Crippen molar-refractivity contribution in [2.45, 2.75) is 12.8 Å². The highest BCUT2D eigenvalue weighted by atomic mass is 35.5. The molecule has 3 rings (SSSR count). The van der Waals surface area contributed by atoms with Gasteiger partial charge in [-0.1, -0.05) is 0 Å². The summed E-state index contributed by atoms with van der Waals surface area (Å²) < 4.78 is 31.5. The molecule has 1 heterocycles. The maximum Gasteiger partial charge on any atom is 0.251 e. The third-order valence-corrected chi connectivity index (χ3v) is 4.24. The molecule has 2 N–H and O–H groups in total. The Kier molecular flexibility index (Phi) is 7.36. The summed E-state index contributed by atoms with van der Waals surface area (Å²) in [6.07, 6.45) is 2.13. The van der Waals surface area contributed by atoms with Crippen molar-refractivity contribution >= 4 is 18.3 Å². The maximum absolute atomic E-state index is 13.2. The van der Waals surface area contributed by atoms with E-state index in [1.807, 2.05) is 0 Å². The molecule has 0 aromatic heterocycles. The molecule has 0 aliphatic carbocycles. The number of ether oxygens (including phenoxy) is 1. The minimum absolute atomic E-state index is 0. The smallest absolute Gasteiger partial charge is 0.251 e. The number of carbonyl (C=O) groups excluding carboxylic acids is 1. The van der Waals surface area contributed by atoms with Crippen LogP contribution in [0.25, 0.3) is 0 Å². The van der Waals surface area contributed by atoms with Crippen molar-refractivity contribution in [3.05, 3.63) is 59.7 Å². The molecule has 2 aromatic carbocycles. The third-order valence-electron chi connectivity index (χ3n) is 4.24. The van der Waals surface area contributed by atoms with Crippen LogP contribution in [0.2, 0.25) is 0 Å². The number of hydrogen-bond donors (Lipinski definition) is 2. The van der Waals surface area contributed by atoms with Crippen molar-refractivity contribution in [3.8, 4) is 11.5 Å². The molecular weight excluding hydrogens is 362 g/mol. The van der Waals surface area contributed by atoms with Crippen LogP contribution in [-0.2, 0) is 0 Å². The number of halogens is 3. The van der Waals surface area contributed by atoms with Gasteiger partial charge in [-0.2, -0.15) is 0 Å². The SMILES string of the molecule is Cl.O=C(NCCC1CCNC1)c1ccc(Oc2ccc(F)c(F)c2)cc1. The van der Waals surface area contributed by atoms with Gasteiger partial charge in [0, 0.05) is 18.2 Å². The second-order valence-electron chi connectivity index (χ2n) is 6.11. The normalized spacial score (nSPS) is 16.0. The molecule has 26 heavy (non-hydrogen) atoms. The maximum atomic E-state index is 13.2. The Morgan fingerprint density at radius 2 is 1.85 bits per heavy atom. The van der Waals surface area contributed by atoms with Gasteiger partial charge in [0.15, 0.2) is 11.6 Å². The van der Waals surface area contributed by atoms with Gasteiger partial charge in [0.05, 0.1) is 0 Å². The summed E-state index contributed by atoms with van der Waals surface area (Å²) in [6.45, 7) is 2.72. The minimum atomic E-state index is -0.967. The van der Waals surface area contributed by atoms with E-state index in [0.717, 1.165) is 38.1 Å². The minimum Gasteiger partial charge on any atom is -0.457 e. The fraction of sp³-hybridized carbons (Fsp3) is 0.316. The van der Waals surface area contributed by atoms with Crippen LogP contribution in [0.15, 0.2) is 42.5 Å². The quantitative estimate of drug-likeness (QED) is 0.796. The Morgan fingerprint density at radius 1 is 1.12 bits per heavy atom. The highest BCUT2D eigenvalue weighted by Crippen LogP contribution is 2.23. The number of nitrogens with one attached hydrogen (secondary N) is 2. The molecule has 1 atom stereocenters. The van der Waals surface area contributed by atoms with Crippen LogP contribution >= 0.6 is 12.4 Å². The summed E-state index contributed by atoms with van der Waals surface area (Å²) in [6, 6.07) is 9.86. The molecule has 7 heteroatoms. The Labute approximate surface area is 157 Å². The molecule has 1 fully saturated rings. The number of hydrogen-bond acceptors (Lipinski definition) is 3. The van der Waals surface area contributed by atoms with E-state index in [9.17, 15) is 13.6 Å². The molecule has 1 aliphatic heterocycles. The molecule has 1 aliphatic rings. The lowest BCUT2D eigenvalue weighted by molar-refractivity contribution is 0.0951. The van der Waals surface area contributed by atoms with Crippen LogP contribution in [0.4, 0.5) is 8.78 Å². The molecule has 4 nitrogen and oxygen atoms in total. The van der Waals surface area contributed by atoms with E-state index in [1.54, 1.807) is 24.3 Å². The van der Waals surface area contributed by atoms with Gasteiger partial charge in [-0.05, 0) is 68.2 Å². The predicted molar refractivity (Wildman–Crippen MR) is 98.0 cm³/mol. The van der Waals surface area contributed by atoms with Crippen LogP contribution in [0.1, 0.15) is 23.2 Å². The Bertz CT molecular complexity index is 735. The monoisotopic (exact) mass is 382 g/mol. The van der Waals surface area contributed by atoms with E-state index in [4.69, 9.17) is 4.74 Å². The van der Waals surface area contributed by atoms with Crippen molar-refractivity contribution < 1.29 is 18.3 Å². The molecule has 0 radical (unpaired) electrons. The average Bonchev–Trinajstić information content (AvgIpc) is 3.12. The molecule has 0 bridgehead atoms. The van der Waals surface area contributed by atoms with E-state index in [-0.39, 0.29) is 24.1 Å². The molecule has 0 saturated carbocycles. The van der Waals surface area contributed by atoms with E-state index >= 15 is 0 Å². The zero-order valence-electron chi connectivity index (χ0n) is 14.1. The first-order valence-corrected chi connectivity index (χ1v) is 8.34. The molecular formula is C19H21ClF2N2O2. The Morgan fingerprint density at radius 3 is 2.50 bits per heavy atom. The van der Waals surface area contributed by atoms with Crippen LogP contribution in [0.5, 0.6) is 11.5 Å². The van der Waals surface area contributed by atoms with Gasteiger partial charge in [-0.15, -0.1) is 12.4 Å². The van der Waals surface area contributed by atoms with E-state index in [1.165, 1.54) is 6.07 Å². The zero-order chi connectivity index (χ0) is 17.6. The largest absolute Gasteiger partial charge is 0.457 e. The lowest BCUT2D eigenvalue weighted by atomic mass is 10.1. The molecule has 140 valence electrons.